The molecule has 0 fully saturated rings. The summed E-state index contributed by atoms with van der Waals surface area (Å²) in [5.41, 5.74) is 11.1. The molecule has 1 atom stereocenters. The highest BCUT2D eigenvalue weighted by atomic mass is 35.5. The first-order valence-electron chi connectivity index (χ1n) is 7.08. The van der Waals surface area contributed by atoms with Gasteiger partial charge in [-0.25, -0.2) is 0 Å². The number of halogens is 1. The first kappa shape index (κ1) is 15.1. The van der Waals surface area contributed by atoms with Gasteiger partial charge in [0.1, 0.15) is 0 Å². The Morgan fingerprint density at radius 2 is 1.70 bits per heavy atom. The Morgan fingerprint density at radius 3 is 2.25 bits per heavy atom. The lowest BCUT2D eigenvalue weighted by Crippen LogP contribution is -2.14. The van der Waals surface area contributed by atoms with Crippen molar-refractivity contribution < 1.29 is 0 Å². The molecule has 1 nitrogen and oxygen atoms in total. The van der Waals surface area contributed by atoms with Gasteiger partial charge in [-0.3, -0.25) is 0 Å². The van der Waals surface area contributed by atoms with Gasteiger partial charge in [0.2, 0.25) is 0 Å². The van der Waals surface area contributed by atoms with E-state index in [-0.39, 0.29) is 6.04 Å². The van der Waals surface area contributed by atoms with E-state index in [0.29, 0.717) is 5.92 Å². The zero-order valence-electron chi connectivity index (χ0n) is 12.4. The number of rotatable bonds is 4. The van der Waals surface area contributed by atoms with Gasteiger partial charge in [-0.05, 0) is 47.6 Å². The molecular weight excluding hydrogens is 266 g/mol. The lowest BCUT2D eigenvalue weighted by Gasteiger charge is -2.15. The van der Waals surface area contributed by atoms with Crippen LogP contribution in [0.1, 0.15) is 48.1 Å². The normalized spacial score (nSPS) is 12.7. The fraction of sp³-hybridized carbons (Fsp3) is 0.333. The Bertz CT molecular complexity index is 572. The third-order valence-electron chi connectivity index (χ3n) is 3.66. The van der Waals surface area contributed by atoms with E-state index in [4.69, 9.17) is 17.3 Å². The highest BCUT2D eigenvalue weighted by Gasteiger charge is 2.11. The fourth-order valence-corrected chi connectivity index (χ4v) is 2.71. The number of nitrogens with two attached hydrogens (primary N) is 1. The summed E-state index contributed by atoms with van der Waals surface area (Å²) in [7, 11) is 0. The summed E-state index contributed by atoms with van der Waals surface area (Å²) in [6.07, 6.45) is 0.807. The second kappa shape index (κ2) is 6.43. The minimum atomic E-state index is -0.0620. The van der Waals surface area contributed by atoms with E-state index in [0.717, 1.165) is 22.6 Å². The summed E-state index contributed by atoms with van der Waals surface area (Å²) in [6, 6.07) is 14.7. The largest absolute Gasteiger partial charge is 0.324 e. The van der Waals surface area contributed by atoms with Crippen LogP contribution in [0.2, 0.25) is 5.02 Å². The Hall–Kier alpha value is -1.31. The summed E-state index contributed by atoms with van der Waals surface area (Å²) in [5, 5.41) is 0.760. The van der Waals surface area contributed by atoms with Crippen molar-refractivity contribution in [1.29, 1.82) is 0 Å². The maximum absolute atomic E-state index is 6.29. The number of benzene rings is 2. The molecule has 0 aromatic heterocycles. The predicted octanol–water partition coefficient (Wildman–Crippen LogP) is 5.01. The molecule has 2 aromatic rings. The van der Waals surface area contributed by atoms with Gasteiger partial charge < -0.3 is 5.73 Å². The van der Waals surface area contributed by atoms with Gasteiger partial charge >= 0.3 is 0 Å². The highest BCUT2D eigenvalue weighted by molar-refractivity contribution is 6.31. The van der Waals surface area contributed by atoms with E-state index in [9.17, 15) is 0 Å². The molecule has 2 N–H and O–H groups in total. The predicted molar refractivity (Wildman–Crippen MR) is 87.4 cm³/mol. The molecule has 0 heterocycles. The molecule has 0 saturated carbocycles. The molecule has 0 aliphatic heterocycles. The van der Waals surface area contributed by atoms with Crippen LogP contribution in [0.25, 0.3) is 0 Å². The highest BCUT2D eigenvalue weighted by Crippen LogP contribution is 2.25. The lowest BCUT2D eigenvalue weighted by molar-refractivity contribution is 0.721. The summed E-state index contributed by atoms with van der Waals surface area (Å²) in [6.45, 7) is 6.44. The molecule has 2 rings (SSSR count). The second-order valence-electron chi connectivity index (χ2n) is 5.73. The molecule has 2 heteroatoms. The topological polar surface area (TPSA) is 26.0 Å². The van der Waals surface area contributed by atoms with E-state index in [1.807, 2.05) is 19.1 Å². The van der Waals surface area contributed by atoms with Crippen molar-refractivity contribution in [3.63, 3.8) is 0 Å². The standard InChI is InChI=1S/C18H22ClN/c1-12(2)15-7-5-14(6-8-15)11-18(20)16-9-4-13(3)10-17(16)19/h4-10,12,18H,11,20H2,1-3H3. The van der Waals surface area contributed by atoms with Crippen LogP contribution in [0, 0.1) is 6.92 Å². The van der Waals surface area contributed by atoms with E-state index < -0.39 is 0 Å². The van der Waals surface area contributed by atoms with Gasteiger partial charge in [0.25, 0.3) is 0 Å². The van der Waals surface area contributed by atoms with Crippen molar-refractivity contribution in [3.05, 3.63) is 69.7 Å². The molecule has 0 spiro atoms. The van der Waals surface area contributed by atoms with E-state index in [2.05, 4.69) is 44.2 Å². The molecule has 0 saturated heterocycles. The van der Waals surface area contributed by atoms with Gasteiger partial charge in [0.15, 0.2) is 0 Å². The quantitative estimate of drug-likeness (QED) is 0.840. The molecule has 2 aromatic carbocycles. The Balaban J connectivity index is 2.12. The van der Waals surface area contributed by atoms with Crippen molar-refractivity contribution in [2.45, 2.75) is 39.2 Å². The molecule has 1 unspecified atom stereocenters. The fourth-order valence-electron chi connectivity index (χ4n) is 2.34. The Kier molecular flexibility index (Phi) is 4.85. The third-order valence-corrected chi connectivity index (χ3v) is 3.98. The van der Waals surface area contributed by atoms with Crippen molar-refractivity contribution in [2.24, 2.45) is 5.73 Å². The van der Waals surface area contributed by atoms with Crippen LogP contribution in [0.5, 0.6) is 0 Å². The molecular formula is C18H22ClN. The molecule has 20 heavy (non-hydrogen) atoms. The maximum Gasteiger partial charge on any atom is 0.0456 e. The van der Waals surface area contributed by atoms with Crippen LogP contribution in [0.3, 0.4) is 0 Å². The van der Waals surface area contributed by atoms with Crippen LogP contribution < -0.4 is 5.73 Å². The Labute approximate surface area is 126 Å². The maximum atomic E-state index is 6.29. The van der Waals surface area contributed by atoms with Crippen molar-refractivity contribution >= 4 is 11.6 Å². The van der Waals surface area contributed by atoms with Crippen molar-refractivity contribution in [1.82, 2.24) is 0 Å². The second-order valence-corrected chi connectivity index (χ2v) is 6.14. The van der Waals surface area contributed by atoms with Crippen LogP contribution in [0.4, 0.5) is 0 Å². The molecule has 0 aliphatic carbocycles. The zero-order chi connectivity index (χ0) is 14.7. The van der Waals surface area contributed by atoms with Gasteiger partial charge in [-0.15, -0.1) is 0 Å². The van der Waals surface area contributed by atoms with Crippen LogP contribution in [0.15, 0.2) is 42.5 Å². The van der Waals surface area contributed by atoms with Crippen LogP contribution in [-0.2, 0) is 6.42 Å². The molecule has 106 valence electrons. The van der Waals surface area contributed by atoms with E-state index >= 15 is 0 Å². The molecule has 0 amide bonds. The average molecular weight is 288 g/mol. The molecule has 0 aliphatic rings. The smallest absolute Gasteiger partial charge is 0.0456 e. The summed E-state index contributed by atoms with van der Waals surface area (Å²) < 4.78 is 0. The monoisotopic (exact) mass is 287 g/mol. The van der Waals surface area contributed by atoms with Crippen LogP contribution in [-0.4, -0.2) is 0 Å². The summed E-state index contributed by atoms with van der Waals surface area (Å²) in [5.74, 6) is 0.560. The first-order chi connectivity index (χ1) is 9.47. The lowest BCUT2D eigenvalue weighted by atomic mass is 9.96. The van der Waals surface area contributed by atoms with Gasteiger partial charge in [-0.2, -0.15) is 0 Å². The van der Waals surface area contributed by atoms with Gasteiger partial charge in [0.05, 0.1) is 0 Å². The van der Waals surface area contributed by atoms with Crippen LogP contribution >= 0.6 is 11.6 Å². The van der Waals surface area contributed by atoms with E-state index in [1.54, 1.807) is 0 Å². The number of aryl methyl sites for hydroxylation is 1. The first-order valence-corrected chi connectivity index (χ1v) is 7.45. The minimum Gasteiger partial charge on any atom is -0.324 e. The summed E-state index contributed by atoms with van der Waals surface area (Å²) in [4.78, 5) is 0. The Morgan fingerprint density at radius 1 is 1.05 bits per heavy atom. The van der Waals surface area contributed by atoms with Gasteiger partial charge in [-0.1, -0.05) is 61.8 Å². The third kappa shape index (κ3) is 3.62. The van der Waals surface area contributed by atoms with E-state index in [1.165, 1.54) is 11.1 Å². The average Bonchev–Trinajstić information content (AvgIpc) is 2.39. The SMILES string of the molecule is Cc1ccc(C(N)Cc2ccc(C(C)C)cc2)c(Cl)c1. The number of hydrogen-bond donors (Lipinski definition) is 1. The van der Waals surface area contributed by atoms with Gasteiger partial charge in [0, 0.05) is 11.1 Å². The summed E-state index contributed by atoms with van der Waals surface area (Å²) >= 11 is 6.28. The zero-order valence-corrected chi connectivity index (χ0v) is 13.1. The van der Waals surface area contributed by atoms with Crippen molar-refractivity contribution in [3.8, 4) is 0 Å². The number of hydrogen-bond acceptors (Lipinski definition) is 1. The molecule has 0 bridgehead atoms. The van der Waals surface area contributed by atoms with Crippen molar-refractivity contribution in [2.75, 3.05) is 0 Å². The minimum absolute atomic E-state index is 0.0620. The molecule has 0 radical (unpaired) electrons.